The molecule has 0 atom stereocenters. The minimum absolute atomic E-state index is 0.253. The number of pyridine rings is 2. The number of benzene rings is 2. The van der Waals surface area contributed by atoms with Gasteiger partial charge in [-0.15, -0.1) is 0 Å². The maximum atomic E-state index is 13.9. The highest BCUT2D eigenvalue weighted by atomic mass is 19.1. The minimum atomic E-state index is -0.253. The lowest BCUT2D eigenvalue weighted by molar-refractivity contribution is 0.628. The lowest BCUT2D eigenvalue weighted by atomic mass is 10.0. The van der Waals surface area contributed by atoms with Crippen LogP contribution in [0, 0.1) is 5.82 Å². The number of halogens is 1. The van der Waals surface area contributed by atoms with Crippen LogP contribution >= 0.6 is 0 Å². The molecule has 6 aromatic rings. The van der Waals surface area contributed by atoms with E-state index in [2.05, 4.69) is 43.3 Å². The number of hydrogen-bond donors (Lipinski definition) is 2. The van der Waals surface area contributed by atoms with E-state index < -0.39 is 0 Å². The van der Waals surface area contributed by atoms with Crippen LogP contribution in [0.1, 0.15) is 0 Å². The second-order valence-electron chi connectivity index (χ2n) is 8.48. The van der Waals surface area contributed by atoms with Crippen molar-refractivity contribution < 1.29 is 4.39 Å². The molecule has 2 aromatic carbocycles. The van der Waals surface area contributed by atoms with Crippen LogP contribution in [0.4, 0.5) is 10.1 Å². The van der Waals surface area contributed by atoms with Crippen molar-refractivity contribution in [3.63, 3.8) is 0 Å². The maximum absolute atomic E-state index is 13.9. The van der Waals surface area contributed by atoms with E-state index in [1.807, 2.05) is 61.9 Å². The molecule has 0 aliphatic carbocycles. The number of nitrogens with one attached hydrogen (secondary N) is 2. The van der Waals surface area contributed by atoms with E-state index in [4.69, 9.17) is 0 Å². The first-order valence-electron chi connectivity index (χ1n) is 10.9. The van der Waals surface area contributed by atoms with Gasteiger partial charge in [0.1, 0.15) is 5.82 Å². The second-order valence-corrected chi connectivity index (χ2v) is 8.48. The summed E-state index contributed by atoms with van der Waals surface area (Å²) >= 11 is 0. The first-order chi connectivity index (χ1) is 16.6. The molecule has 0 aliphatic heterocycles. The van der Waals surface area contributed by atoms with E-state index in [0.29, 0.717) is 5.65 Å². The Morgan fingerprint density at radius 3 is 2.53 bits per heavy atom. The van der Waals surface area contributed by atoms with Gasteiger partial charge < -0.3 is 9.88 Å². The van der Waals surface area contributed by atoms with Crippen LogP contribution in [-0.2, 0) is 0 Å². The summed E-state index contributed by atoms with van der Waals surface area (Å²) in [5, 5.41) is 9.47. The van der Waals surface area contributed by atoms with Crippen molar-refractivity contribution in [3.8, 4) is 33.6 Å². The highest BCUT2D eigenvalue weighted by molar-refractivity contribution is 6.01. The monoisotopic (exact) mass is 448 g/mol. The van der Waals surface area contributed by atoms with E-state index in [0.717, 1.165) is 55.6 Å². The van der Waals surface area contributed by atoms with Crippen molar-refractivity contribution >= 4 is 27.6 Å². The summed E-state index contributed by atoms with van der Waals surface area (Å²) in [6, 6.07) is 18.9. The Labute approximate surface area is 195 Å². The quantitative estimate of drug-likeness (QED) is 0.345. The molecule has 7 heteroatoms. The summed E-state index contributed by atoms with van der Waals surface area (Å²) in [4.78, 5) is 14.5. The average Bonchev–Trinajstić information content (AvgIpc) is 3.47. The standard InChI is InChI=1S/C27H21FN6/c1-34(2)20-10-17(13-29-15-20)18-11-23-26(32-33-27(23)30-14-18)25-12-22-21(7-4-8-24(22)31-25)16-5-3-6-19(28)9-16/h3-15,31H,1-2H3,(H,30,32,33). The Kier molecular flexibility index (Phi) is 4.62. The molecule has 6 rings (SSSR count). The Bertz CT molecular complexity index is 1660. The molecule has 0 spiro atoms. The first kappa shape index (κ1) is 20.1. The Hall–Kier alpha value is -4.52. The van der Waals surface area contributed by atoms with Gasteiger partial charge in [-0.05, 0) is 47.5 Å². The smallest absolute Gasteiger partial charge is 0.181 e. The first-order valence-corrected chi connectivity index (χ1v) is 10.9. The van der Waals surface area contributed by atoms with Gasteiger partial charge in [-0.2, -0.15) is 5.10 Å². The predicted molar refractivity (Wildman–Crippen MR) is 134 cm³/mol. The fourth-order valence-electron chi connectivity index (χ4n) is 4.29. The number of aromatic nitrogens is 5. The van der Waals surface area contributed by atoms with Crippen molar-refractivity contribution in [3.05, 3.63) is 85.1 Å². The third-order valence-electron chi connectivity index (χ3n) is 6.05. The summed E-state index contributed by atoms with van der Waals surface area (Å²) in [7, 11) is 3.98. The predicted octanol–water partition coefficient (Wildman–Crippen LogP) is 6.04. The van der Waals surface area contributed by atoms with Crippen molar-refractivity contribution in [2.45, 2.75) is 0 Å². The van der Waals surface area contributed by atoms with Gasteiger partial charge in [0, 0.05) is 53.9 Å². The maximum Gasteiger partial charge on any atom is 0.181 e. The molecule has 0 amide bonds. The number of H-pyrrole nitrogens is 2. The fraction of sp³-hybridized carbons (Fsp3) is 0.0741. The van der Waals surface area contributed by atoms with Crippen molar-refractivity contribution in [2.75, 3.05) is 19.0 Å². The van der Waals surface area contributed by atoms with Crippen LogP contribution in [0.25, 0.3) is 55.6 Å². The number of nitrogens with zero attached hydrogens (tertiary/aromatic N) is 4. The SMILES string of the molecule is CN(C)c1cncc(-c2cnc3n[nH]c(-c4cc5c(-c6cccc(F)c6)cccc5[nH]4)c3c2)c1. The van der Waals surface area contributed by atoms with Gasteiger partial charge in [-0.3, -0.25) is 10.1 Å². The van der Waals surface area contributed by atoms with Crippen LogP contribution < -0.4 is 4.90 Å². The Morgan fingerprint density at radius 1 is 0.824 bits per heavy atom. The van der Waals surface area contributed by atoms with E-state index >= 15 is 0 Å². The molecule has 4 heterocycles. The molecule has 0 unspecified atom stereocenters. The highest BCUT2D eigenvalue weighted by Gasteiger charge is 2.15. The van der Waals surface area contributed by atoms with Crippen molar-refractivity contribution in [1.82, 2.24) is 25.1 Å². The van der Waals surface area contributed by atoms with Gasteiger partial charge in [0.25, 0.3) is 0 Å². The lowest BCUT2D eigenvalue weighted by Crippen LogP contribution is -2.08. The number of rotatable bonds is 4. The summed E-state index contributed by atoms with van der Waals surface area (Å²) in [6.45, 7) is 0. The number of aromatic amines is 2. The molecule has 0 bridgehead atoms. The largest absolute Gasteiger partial charge is 0.376 e. The topological polar surface area (TPSA) is 73.5 Å². The van der Waals surface area contributed by atoms with Gasteiger partial charge in [0.2, 0.25) is 0 Å². The summed E-state index contributed by atoms with van der Waals surface area (Å²) in [5.74, 6) is -0.253. The van der Waals surface area contributed by atoms with Crippen LogP contribution in [0.2, 0.25) is 0 Å². The molecule has 166 valence electrons. The summed E-state index contributed by atoms with van der Waals surface area (Å²) < 4.78 is 13.9. The summed E-state index contributed by atoms with van der Waals surface area (Å²) in [5.41, 5.74) is 8.11. The number of anilines is 1. The molecule has 6 nitrogen and oxygen atoms in total. The average molecular weight is 449 g/mol. The van der Waals surface area contributed by atoms with E-state index in [1.54, 1.807) is 12.1 Å². The summed E-state index contributed by atoms with van der Waals surface area (Å²) in [6.07, 6.45) is 5.49. The molecule has 0 saturated heterocycles. The van der Waals surface area contributed by atoms with Crippen molar-refractivity contribution in [1.29, 1.82) is 0 Å². The van der Waals surface area contributed by atoms with Gasteiger partial charge >= 0.3 is 0 Å². The normalized spacial score (nSPS) is 11.4. The van der Waals surface area contributed by atoms with Gasteiger partial charge in [-0.1, -0.05) is 24.3 Å². The third-order valence-corrected chi connectivity index (χ3v) is 6.05. The van der Waals surface area contributed by atoms with E-state index in [1.165, 1.54) is 6.07 Å². The fourth-order valence-corrected chi connectivity index (χ4v) is 4.29. The molecule has 34 heavy (non-hydrogen) atoms. The van der Waals surface area contributed by atoms with E-state index in [9.17, 15) is 4.39 Å². The number of hydrogen-bond acceptors (Lipinski definition) is 4. The van der Waals surface area contributed by atoms with Gasteiger partial charge in [0.15, 0.2) is 5.65 Å². The van der Waals surface area contributed by atoms with E-state index in [-0.39, 0.29) is 5.82 Å². The van der Waals surface area contributed by atoms with Crippen LogP contribution in [0.3, 0.4) is 0 Å². The van der Waals surface area contributed by atoms with Crippen LogP contribution in [0.15, 0.2) is 79.3 Å². The Balaban J connectivity index is 1.48. The van der Waals surface area contributed by atoms with Crippen molar-refractivity contribution in [2.24, 2.45) is 0 Å². The highest BCUT2D eigenvalue weighted by Crippen LogP contribution is 2.35. The zero-order valence-corrected chi connectivity index (χ0v) is 18.7. The second kappa shape index (κ2) is 7.81. The zero-order chi connectivity index (χ0) is 23.2. The molecule has 0 fully saturated rings. The minimum Gasteiger partial charge on any atom is -0.376 e. The molecule has 0 radical (unpaired) electrons. The van der Waals surface area contributed by atoms with Gasteiger partial charge in [0.05, 0.1) is 23.3 Å². The third kappa shape index (κ3) is 3.38. The molecule has 2 N–H and O–H groups in total. The molecule has 0 aliphatic rings. The lowest BCUT2D eigenvalue weighted by Gasteiger charge is -2.12. The zero-order valence-electron chi connectivity index (χ0n) is 18.7. The van der Waals surface area contributed by atoms with Crippen LogP contribution in [-0.4, -0.2) is 39.2 Å². The van der Waals surface area contributed by atoms with Gasteiger partial charge in [-0.25, -0.2) is 9.37 Å². The molecule has 4 aromatic heterocycles. The molecule has 0 saturated carbocycles. The number of fused-ring (bicyclic) bond motifs is 2. The molecular weight excluding hydrogens is 427 g/mol. The van der Waals surface area contributed by atoms with Crippen LogP contribution in [0.5, 0.6) is 0 Å². The Morgan fingerprint density at radius 2 is 1.68 bits per heavy atom. The molecular formula is C27H21FN6.